The summed E-state index contributed by atoms with van der Waals surface area (Å²) in [5, 5.41) is 11.0. The lowest BCUT2D eigenvalue weighted by molar-refractivity contribution is -0.0150. The highest BCUT2D eigenvalue weighted by Gasteiger charge is 2.31. The fraction of sp³-hybridized carbons (Fsp3) is 0.538. The van der Waals surface area contributed by atoms with Crippen LogP contribution in [0.1, 0.15) is 18.4 Å². The van der Waals surface area contributed by atoms with Crippen LogP contribution in [0, 0.1) is 5.82 Å². The lowest BCUT2D eigenvalue weighted by Gasteiger charge is -2.36. The summed E-state index contributed by atoms with van der Waals surface area (Å²) in [4.78, 5) is 2.18. The summed E-state index contributed by atoms with van der Waals surface area (Å²) in [6.45, 7) is 1.73. The summed E-state index contributed by atoms with van der Waals surface area (Å²) in [7, 11) is 2.04. The molecule has 0 saturated carbocycles. The SMILES string of the molecule is CN1CCC(O)(Cc2cc(F)ccc2Cl)CC1. The molecule has 0 bridgehead atoms. The Morgan fingerprint density at radius 3 is 2.71 bits per heavy atom. The fourth-order valence-electron chi connectivity index (χ4n) is 2.24. The molecular formula is C13H17ClFNO. The highest BCUT2D eigenvalue weighted by atomic mass is 35.5. The standard InChI is InChI=1S/C13H17ClFNO/c1-16-6-4-13(17,5-7-16)9-10-8-11(15)2-3-12(10)14/h2-3,8,17H,4-7,9H2,1H3. The largest absolute Gasteiger partial charge is 0.389 e. The van der Waals surface area contributed by atoms with Gasteiger partial charge in [0.1, 0.15) is 5.82 Å². The first kappa shape index (κ1) is 12.8. The molecule has 1 saturated heterocycles. The number of likely N-dealkylation sites (tertiary alicyclic amines) is 1. The maximum absolute atomic E-state index is 13.1. The highest BCUT2D eigenvalue weighted by molar-refractivity contribution is 6.31. The van der Waals surface area contributed by atoms with Gasteiger partial charge in [-0.05, 0) is 43.7 Å². The van der Waals surface area contributed by atoms with Crippen LogP contribution in [-0.4, -0.2) is 35.7 Å². The van der Waals surface area contributed by atoms with Crippen LogP contribution in [0.15, 0.2) is 18.2 Å². The summed E-state index contributed by atoms with van der Waals surface area (Å²) in [5.41, 5.74) is -0.0528. The normalized spacial score (nSPS) is 20.5. The van der Waals surface area contributed by atoms with E-state index in [2.05, 4.69) is 4.90 Å². The third kappa shape index (κ3) is 3.18. The first-order chi connectivity index (χ1) is 7.98. The Bertz CT molecular complexity index is 402. The number of benzene rings is 1. The van der Waals surface area contributed by atoms with E-state index in [-0.39, 0.29) is 5.82 Å². The molecule has 1 aromatic rings. The van der Waals surface area contributed by atoms with Gasteiger partial charge in [-0.2, -0.15) is 0 Å². The predicted molar refractivity (Wildman–Crippen MR) is 66.8 cm³/mol. The minimum absolute atomic E-state index is 0.305. The highest BCUT2D eigenvalue weighted by Crippen LogP contribution is 2.29. The maximum atomic E-state index is 13.1. The van der Waals surface area contributed by atoms with E-state index in [0.29, 0.717) is 29.8 Å². The molecule has 0 unspecified atom stereocenters. The van der Waals surface area contributed by atoms with Gasteiger partial charge in [0.15, 0.2) is 0 Å². The average Bonchev–Trinajstić information content (AvgIpc) is 2.28. The summed E-state index contributed by atoms with van der Waals surface area (Å²) in [6, 6.07) is 4.30. The van der Waals surface area contributed by atoms with Crippen LogP contribution in [0.3, 0.4) is 0 Å². The molecule has 0 amide bonds. The van der Waals surface area contributed by atoms with Gasteiger partial charge in [0.2, 0.25) is 0 Å². The molecule has 2 rings (SSSR count). The van der Waals surface area contributed by atoms with Gasteiger partial charge in [-0.25, -0.2) is 4.39 Å². The van der Waals surface area contributed by atoms with Crippen LogP contribution in [0.25, 0.3) is 0 Å². The van der Waals surface area contributed by atoms with Gasteiger partial charge in [0.25, 0.3) is 0 Å². The molecule has 4 heteroatoms. The maximum Gasteiger partial charge on any atom is 0.123 e. The van der Waals surface area contributed by atoms with Crippen molar-refractivity contribution in [3.8, 4) is 0 Å². The molecule has 0 spiro atoms. The quantitative estimate of drug-likeness (QED) is 0.880. The van der Waals surface area contributed by atoms with E-state index in [1.165, 1.54) is 12.1 Å². The second-order valence-corrected chi connectivity index (χ2v) is 5.35. The number of hydrogen-bond acceptors (Lipinski definition) is 2. The van der Waals surface area contributed by atoms with Gasteiger partial charge in [-0.15, -0.1) is 0 Å². The third-order valence-corrected chi connectivity index (χ3v) is 3.81. The Morgan fingerprint density at radius 1 is 1.41 bits per heavy atom. The molecule has 0 radical (unpaired) electrons. The first-order valence-corrected chi connectivity index (χ1v) is 6.21. The molecular weight excluding hydrogens is 241 g/mol. The van der Waals surface area contributed by atoms with Gasteiger partial charge in [0, 0.05) is 24.5 Å². The zero-order chi connectivity index (χ0) is 12.5. The second-order valence-electron chi connectivity index (χ2n) is 4.94. The van der Waals surface area contributed by atoms with Crippen LogP contribution in [0.4, 0.5) is 4.39 Å². The van der Waals surface area contributed by atoms with Crippen molar-refractivity contribution in [1.82, 2.24) is 4.90 Å². The van der Waals surface area contributed by atoms with Crippen molar-refractivity contribution in [2.45, 2.75) is 24.9 Å². The van der Waals surface area contributed by atoms with E-state index < -0.39 is 5.60 Å². The molecule has 1 aromatic carbocycles. The number of rotatable bonds is 2. The molecule has 2 nitrogen and oxygen atoms in total. The zero-order valence-electron chi connectivity index (χ0n) is 9.92. The molecule has 1 aliphatic heterocycles. The number of nitrogens with zero attached hydrogens (tertiary/aromatic N) is 1. The zero-order valence-corrected chi connectivity index (χ0v) is 10.7. The van der Waals surface area contributed by atoms with Crippen LogP contribution >= 0.6 is 11.6 Å². The van der Waals surface area contributed by atoms with Crippen molar-refractivity contribution in [2.24, 2.45) is 0 Å². The summed E-state index contributed by atoms with van der Waals surface area (Å²) < 4.78 is 13.1. The molecule has 1 aliphatic rings. The van der Waals surface area contributed by atoms with E-state index in [1.54, 1.807) is 6.07 Å². The molecule has 1 N–H and O–H groups in total. The third-order valence-electron chi connectivity index (χ3n) is 3.45. The Kier molecular flexibility index (Phi) is 3.71. The lowest BCUT2D eigenvalue weighted by Crippen LogP contribution is -2.44. The van der Waals surface area contributed by atoms with Crippen molar-refractivity contribution in [3.05, 3.63) is 34.6 Å². The van der Waals surface area contributed by atoms with E-state index in [9.17, 15) is 9.50 Å². The van der Waals surface area contributed by atoms with Gasteiger partial charge in [-0.1, -0.05) is 11.6 Å². The molecule has 0 atom stereocenters. The van der Waals surface area contributed by atoms with Crippen LogP contribution in [0.5, 0.6) is 0 Å². The molecule has 1 fully saturated rings. The van der Waals surface area contributed by atoms with Crippen molar-refractivity contribution in [3.63, 3.8) is 0 Å². The van der Waals surface area contributed by atoms with E-state index >= 15 is 0 Å². The Labute approximate surface area is 106 Å². The summed E-state index contributed by atoms with van der Waals surface area (Å²) >= 11 is 6.02. The number of aliphatic hydroxyl groups is 1. The monoisotopic (exact) mass is 257 g/mol. The topological polar surface area (TPSA) is 23.5 Å². The molecule has 17 heavy (non-hydrogen) atoms. The van der Waals surface area contributed by atoms with Gasteiger partial charge >= 0.3 is 0 Å². The summed E-state index contributed by atoms with van der Waals surface area (Å²) in [6.07, 6.45) is 1.84. The average molecular weight is 258 g/mol. The number of halogens is 2. The van der Waals surface area contributed by atoms with Crippen LogP contribution in [-0.2, 0) is 6.42 Å². The smallest absolute Gasteiger partial charge is 0.123 e. The lowest BCUT2D eigenvalue weighted by atomic mass is 9.85. The van der Waals surface area contributed by atoms with E-state index in [1.807, 2.05) is 7.05 Å². The van der Waals surface area contributed by atoms with Crippen molar-refractivity contribution >= 4 is 11.6 Å². The van der Waals surface area contributed by atoms with Gasteiger partial charge in [0.05, 0.1) is 5.60 Å². The summed E-state index contributed by atoms with van der Waals surface area (Å²) in [5.74, 6) is -0.305. The fourth-order valence-corrected chi connectivity index (χ4v) is 2.43. The predicted octanol–water partition coefficient (Wildman–Crippen LogP) is 2.48. The first-order valence-electron chi connectivity index (χ1n) is 5.83. The molecule has 1 heterocycles. The van der Waals surface area contributed by atoms with Crippen molar-refractivity contribution < 1.29 is 9.50 Å². The Balaban J connectivity index is 2.12. The van der Waals surface area contributed by atoms with E-state index in [0.717, 1.165) is 13.1 Å². The molecule has 0 aliphatic carbocycles. The van der Waals surface area contributed by atoms with Crippen molar-refractivity contribution in [1.29, 1.82) is 0 Å². The number of hydrogen-bond donors (Lipinski definition) is 1. The Morgan fingerprint density at radius 2 is 2.06 bits per heavy atom. The van der Waals surface area contributed by atoms with Crippen LogP contribution in [0.2, 0.25) is 5.02 Å². The van der Waals surface area contributed by atoms with E-state index in [4.69, 9.17) is 11.6 Å². The van der Waals surface area contributed by atoms with Crippen molar-refractivity contribution in [2.75, 3.05) is 20.1 Å². The van der Waals surface area contributed by atoms with Crippen LogP contribution < -0.4 is 0 Å². The van der Waals surface area contributed by atoms with Gasteiger partial charge < -0.3 is 10.0 Å². The van der Waals surface area contributed by atoms with Gasteiger partial charge in [-0.3, -0.25) is 0 Å². The number of piperidine rings is 1. The molecule has 0 aromatic heterocycles. The molecule has 94 valence electrons. The second kappa shape index (κ2) is 4.92. The minimum Gasteiger partial charge on any atom is -0.389 e. The minimum atomic E-state index is -0.746. The Hall–Kier alpha value is -0.640.